The maximum Gasteiger partial charge on any atom is 0.416 e. The first-order chi connectivity index (χ1) is 22.1. The minimum Gasteiger partial charge on any atom is -0.330 e. The van der Waals surface area contributed by atoms with Crippen molar-refractivity contribution in [2.24, 2.45) is 7.05 Å². The minimum absolute atomic E-state index is 0.00785. The maximum absolute atomic E-state index is 13.9. The highest BCUT2D eigenvalue weighted by molar-refractivity contribution is 7.90. The number of hydrogen-bond acceptors (Lipinski definition) is 8. The Bertz CT molecular complexity index is 1630. The van der Waals surface area contributed by atoms with E-state index in [0.717, 1.165) is 23.2 Å². The summed E-state index contributed by atoms with van der Waals surface area (Å²) in [6.45, 7) is 3.11. The lowest BCUT2D eigenvalue weighted by atomic mass is 9.93. The van der Waals surface area contributed by atoms with Gasteiger partial charge in [-0.15, -0.1) is 5.10 Å². The zero-order valence-corrected chi connectivity index (χ0v) is 27.0. The lowest BCUT2D eigenvalue weighted by molar-refractivity contribution is -0.143. The van der Waals surface area contributed by atoms with E-state index in [-0.39, 0.29) is 23.3 Å². The number of alkyl halides is 9. The van der Waals surface area contributed by atoms with Crippen LogP contribution < -0.4 is 4.90 Å². The van der Waals surface area contributed by atoms with Crippen molar-refractivity contribution in [2.75, 3.05) is 49.6 Å². The molecule has 2 heterocycles. The molecule has 0 amide bonds. The number of sulfone groups is 1. The number of tetrazole rings is 1. The SMILES string of the molecule is CCC(c1ccc(C(F)(F)F)cc1CN(Cc1cc(C(F)(F)F)cc(C(F)(F)F)c1)c1nnn(C)n1)N1CCN(CCS(C)(=O)=O)CC1. The van der Waals surface area contributed by atoms with Gasteiger partial charge in [0.15, 0.2) is 0 Å². The molecule has 0 saturated carbocycles. The molecule has 1 fully saturated rings. The molecule has 9 nitrogen and oxygen atoms in total. The third-order valence-corrected chi connectivity index (χ3v) is 8.93. The average molecular weight is 716 g/mol. The van der Waals surface area contributed by atoms with Gasteiger partial charge >= 0.3 is 18.5 Å². The molecule has 1 aliphatic rings. The Morgan fingerprint density at radius 1 is 0.833 bits per heavy atom. The third-order valence-electron chi connectivity index (χ3n) is 8.00. The fraction of sp³-hybridized carbons (Fsp3) is 0.552. The van der Waals surface area contributed by atoms with E-state index >= 15 is 0 Å². The molecule has 1 saturated heterocycles. The van der Waals surface area contributed by atoms with Gasteiger partial charge in [-0.25, -0.2) is 8.42 Å². The highest BCUT2D eigenvalue weighted by Gasteiger charge is 2.38. The number of nitrogens with zero attached hydrogens (tertiary/aromatic N) is 7. The van der Waals surface area contributed by atoms with Crippen molar-refractivity contribution in [1.82, 2.24) is 30.0 Å². The van der Waals surface area contributed by atoms with E-state index in [1.807, 2.05) is 11.8 Å². The zero-order valence-electron chi connectivity index (χ0n) is 26.2. The average Bonchev–Trinajstić information content (AvgIpc) is 3.41. The second-order valence-electron chi connectivity index (χ2n) is 11.7. The molecule has 0 radical (unpaired) electrons. The highest BCUT2D eigenvalue weighted by atomic mass is 32.2. The molecule has 1 aliphatic heterocycles. The van der Waals surface area contributed by atoms with Crippen molar-refractivity contribution in [3.63, 3.8) is 0 Å². The van der Waals surface area contributed by atoms with Crippen LogP contribution in [0.4, 0.5) is 45.5 Å². The topological polar surface area (TPSA) is 87.5 Å². The molecule has 2 aromatic carbocycles. The summed E-state index contributed by atoms with van der Waals surface area (Å²) in [5.74, 6) is -0.241. The summed E-state index contributed by atoms with van der Waals surface area (Å²) in [5, 5.41) is 11.6. The van der Waals surface area contributed by atoms with Gasteiger partial charge in [0.25, 0.3) is 5.95 Å². The first-order valence-corrected chi connectivity index (χ1v) is 16.8. The van der Waals surface area contributed by atoms with E-state index in [0.29, 0.717) is 56.8 Å². The zero-order chi connectivity index (χ0) is 35.7. The molecule has 1 atom stereocenters. The molecule has 266 valence electrons. The largest absolute Gasteiger partial charge is 0.416 e. The van der Waals surface area contributed by atoms with Gasteiger partial charge in [-0.2, -0.15) is 44.3 Å². The summed E-state index contributed by atoms with van der Waals surface area (Å²) in [4.78, 5) is 6.21. The van der Waals surface area contributed by atoms with Gasteiger partial charge < -0.3 is 4.90 Å². The second kappa shape index (κ2) is 14.2. The van der Waals surface area contributed by atoms with Crippen molar-refractivity contribution in [1.29, 1.82) is 0 Å². The fourth-order valence-electron chi connectivity index (χ4n) is 5.65. The van der Waals surface area contributed by atoms with E-state index in [1.54, 1.807) is 0 Å². The van der Waals surface area contributed by atoms with E-state index in [1.165, 1.54) is 18.0 Å². The molecule has 1 aromatic heterocycles. The van der Waals surface area contributed by atoms with Crippen LogP contribution in [0.5, 0.6) is 0 Å². The van der Waals surface area contributed by atoms with Crippen LogP contribution >= 0.6 is 0 Å². The number of aryl methyl sites for hydroxylation is 1. The highest BCUT2D eigenvalue weighted by Crippen LogP contribution is 2.38. The van der Waals surface area contributed by atoms with Gasteiger partial charge in [0.1, 0.15) is 9.84 Å². The molecule has 0 N–H and O–H groups in total. The van der Waals surface area contributed by atoms with Crippen LogP contribution in [0.3, 0.4) is 0 Å². The monoisotopic (exact) mass is 715 g/mol. The van der Waals surface area contributed by atoms with E-state index < -0.39 is 69.8 Å². The number of piperazine rings is 1. The van der Waals surface area contributed by atoms with Gasteiger partial charge in [0.2, 0.25) is 0 Å². The Balaban J connectivity index is 1.73. The van der Waals surface area contributed by atoms with E-state index in [2.05, 4.69) is 20.3 Å². The summed E-state index contributed by atoms with van der Waals surface area (Å²) in [7, 11) is -1.80. The molecule has 0 aliphatic carbocycles. The van der Waals surface area contributed by atoms with Gasteiger partial charge in [0, 0.05) is 58.1 Å². The Morgan fingerprint density at radius 3 is 1.90 bits per heavy atom. The molecule has 48 heavy (non-hydrogen) atoms. The molecular formula is C29H34F9N7O2S. The predicted octanol–water partition coefficient (Wildman–Crippen LogP) is 5.59. The van der Waals surface area contributed by atoms with Crippen LogP contribution in [0.25, 0.3) is 0 Å². The molecule has 3 aromatic rings. The molecule has 1 unspecified atom stereocenters. The Morgan fingerprint density at radius 2 is 1.42 bits per heavy atom. The molecule has 0 bridgehead atoms. The van der Waals surface area contributed by atoms with E-state index in [9.17, 15) is 47.9 Å². The van der Waals surface area contributed by atoms with Crippen LogP contribution in [-0.4, -0.2) is 83.2 Å². The van der Waals surface area contributed by atoms with Gasteiger partial charge in [-0.3, -0.25) is 9.80 Å². The van der Waals surface area contributed by atoms with Gasteiger partial charge in [0.05, 0.1) is 29.5 Å². The van der Waals surface area contributed by atoms with Crippen LogP contribution in [0.2, 0.25) is 0 Å². The summed E-state index contributed by atoms with van der Waals surface area (Å²) in [6, 6.07) is 3.84. The Hall–Kier alpha value is -3.45. The fourth-order valence-corrected chi connectivity index (χ4v) is 6.24. The van der Waals surface area contributed by atoms with Crippen molar-refractivity contribution in [2.45, 2.75) is 51.0 Å². The maximum atomic E-state index is 13.9. The predicted molar refractivity (Wildman–Crippen MR) is 157 cm³/mol. The quantitative estimate of drug-likeness (QED) is 0.238. The van der Waals surface area contributed by atoms with Crippen LogP contribution in [0.1, 0.15) is 52.8 Å². The van der Waals surface area contributed by atoms with Crippen LogP contribution in [-0.2, 0) is 48.5 Å². The van der Waals surface area contributed by atoms with E-state index in [4.69, 9.17) is 0 Å². The first-order valence-electron chi connectivity index (χ1n) is 14.8. The van der Waals surface area contributed by atoms with Crippen LogP contribution in [0, 0.1) is 0 Å². The van der Waals surface area contributed by atoms with Crippen molar-refractivity contribution >= 4 is 15.8 Å². The first kappa shape index (κ1) is 37.4. The second-order valence-corrected chi connectivity index (χ2v) is 14.0. The Kier molecular flexibility index (Phi) is 11.0. The summed E-state index contributed by atoms with van der Waals surface area (Å²) in [6.07, 6.45) is -13.4. The number of anilines is 1. The van der Waals surface area contributed by atoms with Crippen LogP contribution in [0.15, 0.2) is 36.4 Å². The van der Waals surface area contributed by atoms with Gasteiger partial charge in [-0.05, 0) is 58.7 Å². The number of hydrogen-bond donors (Lipinski definition) is 0. The molecular weight excluding hydrogens is 681 g/mol. The van der Waals surface area contributed by atoms with Gasteiger partial charge in [-0.1, -0.05) is 18.1 Å². The molecule has 0 spiro atoms. The summed E-state index contributed by atoms with van der Waals surface area (Å²) in [5.41, 5.74) is -3.90. The molecule has 4 rings (SSSR count). The minimum atomic E-state index is -5.11. The standard InChI is InChI=1S/C29H34F9N7O2S/c1-4-25(44-9-7-43(8-10-44)11-12-48(3,46)47)24-6-5-21(27(30,31)32)15-20(24)18-45(26-39-41-42(2)40-26)17-19-13-22(28(33,34)35)16-23(14-19)29(36,37)38/h5-6,13-16,25H,4,7-12,17-18H2,1-3H3. The number of halogens is 9. The molecule has 19 heteroatoms. The van der Waals surface area contributed by atoms with Crippen molar-refractivity contribution < 1.29 is 47.9 Å². The van der Waals surface area contributed by atoms with Crippen molar-refractivity contribution in [3.05, 3.63) is 69.8 Å². The van der Waals surface area contributed by atoms with Crippen molar-refractivity contribution in [3.8, 4) is 0 Å². The Labute approximate surface area is 271 Å². The lowest BCUT2D eigenvalue weighted by Crippen LogP contribution is -2.48. The normalized spacial score (nSPS) is 16.3. The summed E-state index contributed by atoms with van der Waals surface area (Å²) < 4.78 is 147. The smallest absolute Gasteiger partial charge is 0.330 e. The number of rotatable bonds is 11. The number of benzene rings is 2. The number of aromatic nitrogens is 4. The third kappa shape index (κ3) is 9.81. The summed E-state index contributed by atoms with van der Waals surface area (Å²) >= 11 is 0. The lowest BCUT2D eigenvalue weighted by Gasteiger charge is -2.40.